The van der Waals surface area contributed by atoms with Crippen molar-refractivity contribution in [1.82, 2.24) is 5.32 Å². The summed E-state index contributed by atoms with van der Waals surface area (Å²) in [6, 6.07) is 13.8. The van der Waals surface area contributed by atoms with Gasteiger partial charge in [-0.1, -0.05) is 42.5 Å². The summed E-state index contributed by atoms with van der Waals surface area (Å²) in [4.78, 5) is 0.550. The first-order valence-corrected chi connectivity index (χ1v) is 8.00. The zero-order chi connectivity index (χ0) is 13.9. The highest BCUT2D eigenvalue weighted by atomic mass is 32.2. The van der Waals surface area contributed by atoms with Gasteiger partial charge in [-0.2, -0.15) is 8.42 Å². The first kappa shape index (κ1) is 13.3. The fourth-order valence-electron chi connectivity index (χ4n) is 2.96. The molecule has 0 aromatic heterocycles. The smallest absolute Gasteiger partial charge is 0.218 e. The second-order valence-corrected chi connectivity index (χ2v) is 6.08. The van der Waals surface area contributed by atoms with E-state index in [1.165, 1.54) is 0 Å². The van der Waals surface area contributed by atoms with Crippen LogP contribution in [0.3, 0.4) is 0 Å². The van der Waals surface area contributed by atoms with Crippen LogP contribution in [0.2, 0.25) is 0 Å². The summed E-state index contributed by atoms with van der Waals surface area (Å²) in [6.07, 6.45) is 1.95. The summed E-state index contributed by atoms with van der Waals surface area (Å²) in [6.45, 7) is 1.72. The molecule has 0 radical (unpaired) electrons. The van der Waals surface area contributed by atoms with Gasteiger partial charge >= 0.3 is 0 Å². The van der Waals surface area contributed by atoms with E-state index in [1.54, 1.807) is 0 Å². The maximum Gasteiger partial charge on any atom is 0.218 e. The highest BCUT2D eigenvalue weighted by Gasteiger charge is 2.23. The van der Waals surface area contributed by atoms with E-state index in [4.69, 9.17) is 0 Å². The zero-order valence-electron chi connectivity index (χ0n) is 11.2. The average molecular weight is 287 g/mol. The minimum absolute atomic E-state index is 0.0767. The molecule has 1 N–H and O–H groups in total. The van der Waals surface area contributed by atoms with Gasteiger partial charge in [-0.05, 0) is 30.2 Å². The third kappa shape index (κ3) is 2.49. The van der Waals surface area contributed by atoms with E-state index in [1.807, 2.05) is 42.5 Å². The SMILES string of the molecule is O=S(=O)=C(c1cccc2ccccc12)C1CCCNC1. The van der Waals surface area contributed by atoms with Crippen LogP contribution in [0.25, 0.3) is 10.8 Å². The summed E-state index contributed by atoms with van der Waals surface area (Å²) in [5.74, 6) is 0.0767. The van der Waals surface area contributed by atoms with E-state index in [0.717, 1.165) is 42.3 Å². The molecule has 3 nitrogen and oxygen atoms in total. The first-order valence-electron chi connectivity index (χ1n) is 6.92. The molecule has 1 saturated heterocycles. The highest BCUT2D eigenvalue weighted by Crippen LogP contribution is 2.24. The molecule has 20 heavy (non-hydrogen) atoms. The summed E-state index contributed by atoms with van der Waals surface area (Å²) in [7, 11) is -2.18. The van der Waals surface area contributed by atoms with Gasteiger partial charge < -0.3 is 5.32 Å². The molecule has 1 aliphatic rings. The molecule has 1 unspecified atom stereocenters. The normalized spacial score (nSPS) is 18.9. The Morgan fingerprint density at radius 1 is 1.10 bits per heavy atom. The Kier molecular flexibility index (Phi) is 3.85. The third-order valence-corrected chi connectivity index (χ3v) is 4.81. The van der Waals surface area contributed by atoms with Crippen molar-refractivity contribution in [3.63, 3.8) is 0 Å². The maximum absolute atomic E-state index is 11.8. The van der Waals surface area contributed by atoms with Crippen LogP contribution < -0.4 is 5.32 Å². The lowest BCUT2D eigenvalue weighted by Gasteiger charge is -2.23. The molecular weight excluding hydrogens is 270 g/mol. The van der Waals surface area contributed by atoms with Crippen LogP contribution in [0.4, 0.5) is 0 Å². The van der Waals surface area contributed by atoms with Crippen LogP contribution >= 0.6 is 0 Å². The number of hydrogen-bond donors (Lipinski definition) is 1. The summed E-state index contributed by atoms with van der Waals surface area (Å²) >= 11 is 0. The van der Waals surface area contributed by atoms with Gasteiger partial charge in [0.25, 0.3) is 0 Å². The highest BCUT2D eigenvalue weighted by molar-refractivity contribution is 7.73. The minimum atomic E-state index is -2.18. The largest absolute Gasteiger partial charge is 0.316 e. The minimum Gasteiger partial charge on any atom is -0.316 e. The second-order valence-electron chi connectivity index (χ2n) is 5.17. The van der Waals surface area contributed by atoms with Crippen molar-refractivity contribution < 1.29 is 8.42 Å². The Morgan fingerprint density at radius 3 is 2.65 bits per heavy atom. The molecular formula is C16H17NO2S. The monoisotopic (exact) mass is 287 g/mol. The van der Waals surface area contributed by atoms with Crippen molar-refractivity contribution >= 4 is 25.9 Å². The van der Waals surface area contributed by atoms with Gasteiger partial charge in [0.15, 0.2) is 0 Å². The lowest BCUT2D eigenvalue weighted by molar-refractivity contribution is 0.461. The Labute approximate surface area is 120 Å². The molecule has 0 bridgehead atoms. The van der Waals surface area contributed by atoms with E-state index >= 15 is 0 Å². The van der Waals surface area contributed by atoms with Crippen LogP contribution in [0.1, 0.15) is 18.4 Å². The summed E-state index contributed by atoms with van der Waals surface area (Å²) in [5.41, 5.74) is 0.852. The Bertz CT molecular complexity index is 746. The number of nitrogens with one attached hydrogen (secondary N) is 1. The van der Waals surface area contributed by atoms with Gasteiger partial charge in [-0.25, -0.2) is 0 Å². The number of rotatable bonds is 2. The molecule has 0 amide bonds. The van der Waals surface area contributed by atoms with Gasteiger partial charge in [0.1, 0.15) is 0 Å². The molecule has 0 aliphatic carbocycles. The second kappa shape index (κ2) is 5.77. The fourth-order valence-corrected chi connectivity index (χ4v) is 3.79. The van der Waals surface area contributed by atoms with Gasteiger partial charge in [-0.3, -0.25) is 0 Å². The number of piperidine rings is 1. The van der Waals surface area contributed by atoms with Crippen molar-refractivity contribution in [3.8, 4) is 0 Å². The average Bonchev–Trinajstić information content (AvgIpc) is 2.48. The molecule has 2 aromatic carbocycles. The Morgan fingerprint density at radius 2 is 1.90 bits per heavy atom. The Hall–Kier alpha value is -1.65. The topological polar surface area (TPSA) is 46.2 Å². The number of benzene rings is 2. The van der Waals surface area contributed by atoms with Crippen molar-refractivity contribution in [2.45, 2.75) is 12.8 Å². The number of fused-ring (bicyclic) bond motifs is 1. The van der Waals surface area contributed by atoms with Crippen LogP contribution in [-0.2, 0) is 10.3 Å². The van der Waals surface area contributed by atoms with Gasteiger partial charge in [0.05, 0.1) is 4.86 Å². The lowest BCUT2D eigenvalue weighted by Crippen LogP contribution is -2.35. The predicted molar refractivity (Wildman–Crippen MR) is 82.6 cm³/mol. The summed E-state index contributed by atoms with van der Waals surface area (Å²) in [5, 5.41) is 5.39. The fraction of sp³-hybridized carbons (Fsp3) is 0.312. The molecule has 2 aromatic rings. The van der Waals surface area contributed by atoms with Crippen LogP contribution in [0, 0.1) is 5.92 Å². The van der Waals surface area contributed by atoms with Crippen molar-refractivity contribution in [1.29, 1.82) is 0 Å². The van der Waals surface area contributed by atoms with E-state index in [-0.39, 0.29) is 5.92 Å². The van der Waals surface area contributed by atoms with E-state index in [2.05, 4.69) is 5.32 Å². The molecule has 1 fully saturated rings. The zero-order valence-corrected chi connectivity index (χ0v) is 12.0. The van der Waals surface area contributed by atoms with Crippen LogP contribution in [0.15, 0.2) is 42.5 Å². The molecule has 1 aliphatic heterocycles. The third-order valence-electron chi connectivity index (χ3n) is 3.90. The van der Waals surface area contributed by atoms with Crippen LogP contribution in [-0.4, -0.2) is 26.4 Å². The predicted octanol–water partition coefficient (Wildman–Crippen LogP) is 2.24. The molecule has 1 atom stereocenters. The standard InChI is InChI=1S/C16H17NO2S/c18-20(19)16(13-7-4-10-17-11-13)15-9-3-6-12-5-1-2-8-14(12)15/h1-3,5-6,8-9,13,17H,4,7,10-11H2. The Balaban J connectivity index is 2.18. The van der Waals surface area contributed by atoms with Crippen molar-refractivity contribution in [3.05, 3.63) is 48.0 Å². The molecule has 1 heterocycles. The van der Waals surface area contributed by atoms with Gasteiger partial charge in [0, 0.05) is 18.0 Å². The molecule has 3 rings (SSSR count). The van der Waals surface area contributed by atoms with Crippen molar-refractivity contribution in [2.24, 2.45) is 5.92 Å². The maximum atomic E-state index is 11.8. The van der Waals surface area contributed by atoms with Crippen molar-refractivity contribution in [2.75, 3.05) is 13.1 Å². The van der Waals surface area contributed by atoms with Crippen LogP contribution in [0.5, 0.6) is 0 Å². The summed E-state index contributed by atoms with van der Waals surface area (Å²) < 4.78 is 23.6. The van der Waals surface area contributed by atoms with E-state index in [0.29, 0.717) is 4.86 Å². The number of hydrogen-bond acceptors (Lipinski definition) is 3. The molecule has 4 heteroatoms. The molecule has 0 spiro atoms. The van der Waals surface area contributed by atoms with Gasteiger partial charge in [-0.15, -0.1) is 0 Å². The first-order chi connectivity index (χ1) is 9.77. The molecule has 104 valence electrons. The quantitative estimate of drug-likeness (QED) is 0.680. The molecule has 0 saturated carbocycles. The lowest BCUT2D eigenvalue weighted by atomic mass is 9.90. The van der Waals surface area contributed by atoms with Gasteiger partial charge in [0.2, 0.25) is 10.3 Å². The van der Waals surface area contributed by atoms with E-state index in [9.17, 15) is 8.42 Å². The van der Waals surface area contributed by atoms with E-state index < -0.39 is 10.3 Å².